The van der Waals surface area contributed by atoms with Gasteiger partial charge in [-0.15, -0.1) is 0 Å². The van der Waals surface area contributed by atoms with Crippen LogP contribution in [0.5, 0.6) is 11.5 Å². The Hall–Kier alpha value is -0.830. The molecule has 0 saturated carbocycles. The van der Waals surface area contributed by atoms with E-state index >= 15 is 0 Å². The van der Waals surface area contributed by atoms with E-state index in [1.807, 2.05) is 24.3 Å². The summed E-state index contributed by atoms with van der Waals surface area (Å²) in [7, 11) is 0. The van der Waals surface area contributed by atoms with Crippen LogP contribution in [0.3, 0.4) is 0 Å². The lowest BCUT2D eigenvalue weighted by atomic mass is 10.3. The lowest BCUT2D eigenvalue weighted by molar-refractivity contribution is 0.265. The average molecular weight is 240 g/mol. The minimum Gasteiger partial charge on any atom is -0.490 e. The molecule has 1 rings (SSSR count). The van der Waals surface area contributed by atoms with E-state index in [-0.39, 0.29) is 0 Å². The maximum atomic E-state index is 5.68. The van der Waals surface area contributed by atoms with E-state index in [9.17, 15) is 0 Å². The SMILES string of the molecule is CCCOc1ccccc1OCCCCS. The second kappa shape index (κ2) is 8.34. The molecule has 0 bridgehead atoms. The molecule has 3 heteroatoms. The monoisotopic (exact) mass is 240 g/mol. The molecule has 0 unspecified atom stereocenters. The third kappa shape index (κ3) is 4.79. The van der Waals surface area contributed by atoms with Gasteiger partial charge in [-0.1, -0.05) is 19.1 Å². The molecule has 0 radical (unpaired) electrons. The molecule has 16 heavy (non-hydrogen) atoms. The lowest BCUT2D eigenvalue weighted by Crippen LogP contribution is -2.01. The standard InChI is InChI=1S/C13H20O2S/c1-2-9-14-12-7-3-4-8-13(12)15-10-5-6-11-16/h3-4,7-8,16H,2,5-6,9-11H2,1H3. The third-order valence-corrected chi connectivity index (χ3v) is 2.44. The van der Waals surface area contributed by atoms with Crippen molar-refractivity contribution in [2.45, 2.75) is 26.2 Å². The van der Waals surface area contributed by atoms with Gasteiger partial charge in [0.05, 0.1) is 13.2 Å². The first kappa shape index (κ1) is 13.2. The number of para-hydroxylation sites is 2. The van der Waals surface area contributed by atoms with E-state index in [4.69, 9.17) is 9.47 Å². The van der Waals surface area contributed by atoms with Gasteiger partial charge in [-0.05, 0) is 37.1 Å². The summed E-state index contributed by atoms with van der Waals surface area (Å²) in [6.45, 7) is 3.56. The van der Waals surface area contributed by atoms with Crippen LogP contribution in [0.15, 0.2) is 24.3 Å². The molecule has 0 amide bonds. The molecule has 0 aliphatic rings. The molecule has 0 fully saturated rings. The van der Waals surface area contributed by atoms with Gasteiger partial charge in [0.15, 0.2) is 11.5 Å². The molecule has 0 aliphatic carbocycles. The Bertz CT molecular complexity index is 289. The van der Waals surface area contributed by atoms with Gasteiger partial charge in [-0.2, -0.15) is 12.6 Å². The summed E-state index contributed by atoms with van der Waals surface area (Å²) in [6, 6.07) is 7.83. The van der Waals surface area contributed by atoms with Crippen LogP contribution in [-0.2, 0) is 0 Å². The van der Waals surface area contributed by atoms with Gasteiger partial charge in [-0.3, -0.25) is 0 Å². The fourth-order valence-corrected chi connectivity index (χ4v) is 1.52. The Morgan fingerprint density at radius 2 is 1.62 bits per heavy atom. The zero-order chi connectivity index (χ0) is 11.6. The Morgan fingerprint density at radius 3 is 2.19 bits per heavy atom. The molecule has 0 spiro atoms. The lowest BCUT2D eigenvalue weighted by Gasteiger charge is -2.11. The zero-order valence-electron chi connectivity index (χ0n) is 9.82. The molecule has 0 atom stereocenters. The Balaban J connectivity index is 2.43. The summed E-state index contributed by atoms with van der Waals surface area (Å²) in [5, 5.41) is 0. The van der Waals surface area contributed by atoms with Crippen molar-refractivity contribution in [2.24, 2.45) is 0 Å². The molecular formula is C13H20O2S. The molecule has 90 valence electrons. The quantitative estimate of drug-likeness (QED) is 0.553. The smallest absolute Gasteiger partial charge is 0.161 e. The number of unbranched alkanes of at least 4 members (excludes halogenated alkanes) is 1. The van der Waals surface area contributed by atoms with Crippen LogP contribution in [-0.4, -0.2) is 19.0 Å². The number of hydrogen-bond acceptors (Lipinski definition) is 3. The van der Waals surface area contributed by atoms with Crippen molar-refractivity contribution in [3.63, 3.8) is 0 Å². The maximum Gasteiger partial charge on any atom is 0.161 e. The van der Waals surface area contributed by atoms with Crippen LogP contribution < -0.4 is 9.47 Å². The number of rotatable bonds is 8. The van der Waals surface area contributed by atoms with Gasteiger partial charge in [0.2, 0.25) is 0 Å². The van der Waals surface area contributed by atoms with Gasteiger partial charge < -0.3 is 9.47 Å². The third-order valence-electron chi connectivity index (χ3n) is 2.12. The predicted molar refractivity (Wildman–Crippen MR) is 70.8 cm³/mol. The van der Waals surface area contributed by atoms with Gasteiger partial charge in [0.25, 0.3) is 0 Å². The van der Waals surface area contributed by atoms with Crippen molar-refractivity contribution >= 4 is 12.6 Å². The summed E-state index contributed by atoms with van der Waals surface area (Å²) in [4.78, 5) is 0. The predicted octanol–water partition coefficient (Wildman–Crippen LogP) is 3.56. The molecular weight excluding hydrogens is 220 g/mol. The topological polar surface area (TPSA) is 18.5 Å². The van der Waals surface area contributed by atoms with Crippen LogP contribution in [0.25, 0.3) is 0 Å². The molecule has 2 nitrogen and oxygen atoms in total. The first-order valence-corrected chi connectivity index (χ1v) is 6.47. The number of ether oxygens (including phenoxy) is 2. The van der Waals surface area contributed by atoms with E-state index in [0.717, 1.165) is 49.7 Å². The van der Waals surface area contributed by atoms with Crippen molar-refractivity contribution in [3.8, 4) is 11.5 Å². The van der Waals surface area contributed by atoms with Crippen molar-refractivity contribution in [2.75, 3.05) is 19.0 Å². The minimum absolute atomic E-state index is 0.729. The highest BCUT2D eigenvalue weighted by atomic mass is 32.1. The Kier molecular flexibility index (Phi) is 6.90. The first-order chi connectivity index (χ1) is 7.88. The van der Waals surface area contributed by atoms with Gasteiger partial charge >= 0.3 is 0 Å². The van der Waals surface area contributed by atoms with Crippen molar-refractivity contribution in [1.29, 1.82) is 0 Å². The molecule has 0 aliphatic heterocycles. The zero-order valence-corrected chi connectivity index (χ0v) is 10.7. The molecule has 0 saturated heterocycles. The van der Waals surface area contributed by atoms with Crippen LogP contribution in [0.2, 0.25) is 0 Å². The molecule has 0 N–H and O–H groups in total. The molecule has 1 aromatic rings. The van der Waals surface area contributed by atoms with E-state index in [1.165, 1.54) is 0 Å². The molecule has 0 aromatic heterocycles. The number of thiol groups is 1. The second-order valence-electron chi connectivity index (χ2n) is 3.57. The molecule has 0 heterocycles. The average Bonchev–Trinajstić information content (AvgIpc) is 2.33. The second-order valence-corrected chi connectivity index (χ2v) is 4.02. The van der Waals surface area contributed by atoms with Gasteiger partial charge in [-0.25, -0.2) is 0 Å². The van der Waals surface area contributed by atoms with E-state index < -0.39 is 0 Å². The minimum atomic E-state index is 0.729. The van der Waals surface area contributed by atoms with Crippen molar-refractivity contribution in [3.05, 3.63) is 24.3 Å². The van der Waals surface area contributed by atoms with Crippen LogP contribution in [0, 0.1) is 0 Å². The van der Waals surface area contributed by atoms with Gasteiger partial charge in [0.1, 0.15) is 0 Å². The first-order valence-electron chi connectivity index (χ1n) is 5.84. The van der Waals surface area contributed by atoms with E-state index in [2.05, 4.69) is 19.6 Å². The van der Waals surface area contributed by atoms with Crippen LogP contribution in [0.4, 0.5) is 0 Å². The summed E-state index contributed by atoms with van der Waals surface area (Å²) < 4.78 is 11.3. The highest BCUT2D eigenvalue weighted by Crippen LogP contribution is 2.26. The number of benzene rings is 1. The van der Waals surface area contributed by atoms with Crippen molar-refractivity contribution in [1.82, 2.24) is 0 Å². The highest BCUT2D eigenvalue weighted by Gasteiger charge is 2.02. The molecule has 1 aromatic carbocycles. The van der Waals surface area contributed by atoms with Gasteiger partial charge in [0, 0.05) is 0 Å². The fourth-order valence-electron chi connectivity index (χ4n) is 1.30. The summed E-state index contributed by atoms with van der Waals surface area (Å²) in [5.74, 6) is 2.60. The summed E-state index contributed by atoms with van der Waals surface area (Å²) >= 11 is 4.17. The Labute approximate surface area is 103 Å². The maximum absolute atomic E-state index is 5.68. The number of hydrogen-bond donors (Lipinski definition) is 1. The highest BCUT2D eigenvalue weighted by molar-refractivity contribution is 7.80. The van der Waals surface area contributed by atoms with Crippen molar-refractivity contribution < 1.29 is 9.47 Å². The largest absolute Gasteiger partial charge is 0.490 e. The fraction of sp³-hybridized carbons (Fsp3) is 0.538. The summed E-state index contributed by atoms with van der Waals surface area (Å²) in [5.41, 5.74) is 0. The van der Waals surface area contributed by atoms with E-state index in [0.29, 0.717) is 0 Å². The van der Waals surface area contributed by atoms with E-state index in [1.54, 1.807) is 0 Å². The van der Waals surface area contributed by atoms with Crippen LogP contribution in [0.1, 0.15) is 26.2 Å². The Morgan fingerprint density at radius 1 is 1.00 bits per heavy atom. The normalized spacial score (nSPS) is 10.1. The summed E-state index contributed by atoms with van der Waals surface area (Å²) in [6.07, 6.45) is 3.13. The van der Waals surface area contributed by atoms with Crippen LogP contribution >= 0.6 is 12.6 Å².